The van der Waals surface area contributed by atoms with E-state index in [1.165, 1.54) is 0 Å². The second kappa shape index (κ2) is 4.84. The molecule has 1 N–H and O–H groups in total. The fourth-order valence-electron chi connectivity index (χ4n) is 1.24. The lowest BCUT2D eigenvalue weighted by molar-refractivity contribution is 0.208. The minimum atomic E-state index is -1.20. The average molecular weight is 210 g/mol. The zero-order chi connectivity index (χ0) is 11.4. The van der Waals surface area contributed by atoms with E-state index in [4.69, 9.17) is 0 Å². The summed E-state index contributed by atoms with van der Waals surface area (Å²) >= 11 is 0. The molecule has 0 fully saturated rings. The van der Waals surface area contributed by atoms with Crippen LogP contribution in [0, 0.1) is 11.6 Å². The van der Waals surface area contributed by atoms with Crippen molar-refractivity contribution in [3.05, 3.63) is 60.2 Å². The third-order valence-electron chi connectivity index (χ3n) is 2.05. The number of aliphatic hydroxyl groups is 1. The summed E-state index contributed by atoms with van der Waals surface area (Å²) in [5.74, 6) is -1.23. The Morgan fingerprint density at radius 1 is 1.47 bits per heavy atom. The van der Waals surface area contributed by atoms with Gasteiger partial charge in [-0.25, -0.2) is 8.78 Å². The van der Waals surface area contributed by atoms with E-state index in [1.54, 1.807) is 6.08 Å². The van der Waals surface area contributed by atoms with Gasteiger partial charge >= 0.3 is 0 Å². The van der Waals surface area contributed by atoms with Gasteiger partial charge in [-0.2, -0.15) is 0 Å². The van der Waals surface area contributed by atoms with Crippen molar-refractivity contribution >= 4 is 0 Å². The average Bonchev–Trinajstić information content (AvgIpc) is 2.21. The van der Waals surface area contributed by atoms with E-state index < -0.39 is 17.7 Å². The lowest BCUT2D eigenvalue weighted by Crippen LogP contribution is -2.03. The zero-order valence-corrected chi connectivity index (χ0v) is 8.21. The Kier molecular flexibility index (Phi) is 3.74. The molecule has 0 bridgehead atoms. The summed E-state index contributed by atoms with van der Waals surface area (Å²) in [7, 11) is 0. The molecule has 0 aliphatic carbocycles. The van der Waals surface area contributed by atoms with Crippen molar-refractivity contribution in [2.75, 3.05) is 0 Å². The summed E-state index contributed by atoms with van der Waals surface area (Å²) in [6.07, 6.45) is 0.707. The lowest BCUT2D eigenvalue weighted by Gasteiger charge is -2.13. The maximum Gasteiger partial charge on any atom is 0.129 e. The van der Waals surface area contributed by atoms with Crippen LogP contribution in [0.15, 0.2) is 43.0 Å². The smallest absolute Gasteiger partial charge is 0.129 e. The van der Waals surface area contributed by atoms with Gasteiger partial charge in [-0.3, -0.25) is 0 Å². The first-order valence-electron chi connectivity index (χ1n) is 4.48. The molecule has 0 aromatic heterocycles. The van der Waals surface area contributed by atoms with E-state index in [0.717, 1.165) is 18.2 Å². The molecule has 0 saturated carbocycles. The molecule has 15 heavy (non-hydrogen) atoms. The van der Waals surface area contributed by atoms with Crippen molar-refractivity contribution in [2.24, 2.45) is 0 Å². The van der Waals surface area contributed by atoms with Gasteiger partial charge in [0.05, 0.1) is 0 Å². The van der Waals surface area contributed by atoms with Crippen molar-refractivity contribution in [1.82, 2.24) is 0 Å². The topological polar surface area (TPSA) is 20.2 Å². The number of hydrogen-bond acceptors (Lipinski definition) is 1. The van der Waals surface area contributed by atoms with Crippen LogP contribution < -0.4 is 0 Å². The van der Waals surface area contributed by atoms with Crippen LogP contribution in [0.2, 0.25) is 0 Å². The Hall–Kier alpha value is -1.48. The molecule has 0 heterocycles. The Bertz CT molecular complexity index is 385. The molecule has 80 valence electrons. The molecule has 1 rings (SSSR count). The number of aliphatic hydroxyl groups excluding tert-OH is 1. The molecule has 3 heteroatoms. The third-order valence-corrected chi connectivity index (χ3v) is 2.05. The fourth-order valence-corrected chi connectivity index (χ4v) is 1.24. The first-order chi connectivity index (χ1) is 7.06. The van der Waals surface area contributed by atoms with Crippen molar-refractivity contribution < 1.29 is 13.9 Å². The normalized spacial score (nSPS) is 12.2. The highest BCUT2D eigenvalue weighted by atomic mass is 19.1. The van der Waals surface area contributed by atoms with Gasteiger partial charge in [0, 0.05) is 5.56 Å². The summed E-state index contributed by atoms with van der Waals surface area (Å²) in [5, 5.41) is 9.67. The molecule has 0 aliphatic heterocycles. The van der Waals surface area contributed by atoms with E-state index in [1.807, 2.05) is 0 Å². The maximum absolute atomic E-state index is 13.2. The highest BCUT2D eigenvalue weighted by Gasteiger charge is 2.15. The summed E-state index contributed by atoms with van der Waals surface area (Å²) < 4.78 is 26.1. The lowest BCUT2D eigenvalue weighted by atomic mass is 10.00. The minimum Gasteiger partial charge on any atom is -0.384 e. The Morgan fingerprint density at radius 2 is 2.13 bits per heavy atom. The molecule has 1 aromatic carbocycles. The van der Waals surface area contributed by atoms with Gasteiger partial charge in [0.2, 0.25) is 0 Å². The largest absolute Gasteiger partial charge is 0.384 e. The highest BCUT2D eigenvalue weighted by molar-refractivity contribution is 5.27. The van der Waals surface area contributed by atoms with E-state index in [0.29, 0.717) is 12.0 Å². The van der Waals surface area contributed by atoms with Crippen molar-refractivity contribution in [3.8, 4) is 0 Å². The summed E-state index contributed by atoms with van der Waals surface area (Å²) in [6, 6.07) is 2.95. The summed E-state index contributed by atoms with van der Waals surface area (Å²) in [4.78, 5) is 0. The van der Waals surface area contributed by atoms with E-state index in [-0.39, 0.29) is 5.56 Å². The highest BCUT2D eigenvalue weighted by Crippen LogP contribution is 2.25. The first kappa shape index (κ1) is 11.6. The number of halogens is 2. The van der Waals surface area contributed by atoms with Crippen molar-refractivity contribution in [3.63, 3.8) is 0 Å². The van der Waals surface area contributed by atoms with Gasteiger partial charge in [-0.05, 0) is 30.2 Å². The Morgan fingerprint density at radius 3 is 2.73 bits per heavy atom. The van der Waals surface area contributed by atoms with E-state index >= 15 is 0 Å². The molecule has 0 amide bonds. The monoisotopic (exact) mass is 210 g/mol. The minimum absolute atomic E-state index is 0.0955. The van der Waals surface area contributed by atoms with Gasteiger partial charge in [-0.15, -0.1) is 6.58 Å². The molecule has 1 aromatic rings. The second-order valence-corrected chi connectivity index (χ2v) is 3.22. The molecule has 0 spiro atoms. The quantitative estimate of drug-likeness (QED) is 0.757. The van der Waals surface area contributed by atoms with Gasteiger partial charge in [0.15, 0.2) is 0 Å². The molecule has 1 unspecified atom stereocenters. The molecular formula is C12H12F2O. The van der Waals surface area contributed by atoms with Gasteiger partial charge < -0.3 is 5.11 Å². The van der Waals surface area contributed by atoms with Gasteiger partial charge in [0.25, 0.3) is 0 Å². The van der Waals surface area contributed by atoms with Crippen molar-refractivity contribution in [1.29, 1.82) is 0 Å². The van der Waals surface area contributed by atoms with Crippen LogP contribution in [0.4, 0.5) is 8.78 Å². The van der Waals surface area contributed by atoms with Gasteiger partial charge in [-0.1, -0.05) is 12.7 Å². The van der Waals surface area contributed by atoms with Crippen LogP contribution >= 0.6 is 0 Å². The number of benzene rings is 1. The number of allylic oxidation sites excluding steroid dienone is 1. The third kappa shape index (κ3) is 2.73. The Labute approximate surface area is 87.4 Å². The predicted octanol–water partition coefficient (Wildman–Crippen LogP) is 3.13. The first-order valence-corrected chi connectivity index (χ1v) is 4.48. The molecule has 0 aliphatic rings. The van der Waals surface area contributed by atoms with Crippen LogP contribution in [0.25, 0.3) is 0 Å². The summed E-state index contributed by atoms with van der Waals surface area (Å²) in [6.45, 7) is 7.06. The maximum atomic E-state index is 13.2. The second-order valence-electron chi connectivity index (χ2n) is 3.22. The van der Waals surface area contributed by atoms with Crippen LogP contribution in [0.1, 0.15) is 18.1 Å². The number of hydrogen-bond donors (Lipinski definition) is 1. The van der Waals surface area contributed by atoms with E-state index in [2.05, 4.69) is 13.2 Å². The standard InChI is InChI=1S/C12H12F2O/c1-3-4-8(2)12(15)10-7-9(13)5-6-11(10)14/h3,5-7,12,15H,1-2,4H2. The van der Waals surface area contributed by atoms with Crippen LogP contribution in [0.5, 0.6) is 0 Å². The SMILES string of the molecule is C=CCC(=C)C(O)c1cc(F)ccc1F. The van der Waals surface area contributed by atoms with Crippen molar-refractivity contribution in [2.45, 2.75) is 12.5 Å². The summed E-state index contributed by atoms with van der Waals surface area (Å²) in [5.41, 5.74) is 0.288. The van der Waals surface area contributed by atoms with E-state index in [9.17, 15) is 13.9 Å². The molecular weight excluding hydrogens is 198 g/mol. The number of rotatable bonds is 4. The molecule has 1 nitrogen and oxygen atoms in total. The fraction of sp³-hybridized carbons (Fsp3) is 0.167. The van der Waals surface area contributed by atoms with Crippen LogP contribution in [-0.2, 0) is 0 Å². The molecule has 0 saturated heterocycles. The molecule has 0 radical (unpaired) electrons. The van der Waals surface area contributed by atoms with Crippen LogP contribution in [0.3, 0.4) is 0 Å². The van der Waals surface area contributed by atoms with Crippen LogP contribution in [-0.4, -0.2) is 5.11 Å². The predicted molar refractivity (Wildman–Crippen MR) is 55.3 cm³/mol. The molecule has 1 atom stereocenters. The zero-order valence-electron chi connectivity index (χ0n) is 8.21. The Balaban J connectivity index is 2.99. The van der Waals surface area contributed by atoms with Gasteiger partial charge in [0.1, 0.15) is 17.7 Å².